The predicted molar refractivity (Wildman–Crippen MR) is 111 cm³/mol. The van der Waals surface area contributed by atoms with E-state index in [1.807, 2.05) is 35.7 Å². The fourth-order valence-electron chi connectivity index (χ4n) is 3.05. The van der Waals surface area contributed by atoms with Gasteiger partial charge in [0.05, 0.1) is 23.3 Å². The molecule has 1 aromatic carbocycles. The van der Waals surface area contributed by atoms with E-state index in [2.05, 4.69) is 16.4 Å². The fourth-order valence-corrected chi connectivity index (χ4v) is 4.71. The lowest BCUT2D eigenvalue weighted by Crippen LogP contribution is -2.36. The zero-order valence-corrected chi connectivity index (χ0v) is 16.6. The summed E-state index contributed by atoms with van der Waals surface area (Å²) in [5.74, 6) is -2.58. The number of aliphatic carboxylic acids is 1. The van der Waals surface area contributed by atoms with E-state index in [1.54, 1.807) is 19.1 Å². The lowest BCUT2D eigenvalue weighted by molar-refractivity contribution is -0.133. The van der Waals surface area contributed by atoms with Crippen LogP contribution in [0.1, 0.15) is 17.7 Å². The van der Waals surface area contributed by atoms with E-state index in [1.165, 1.54) is 11.3 Å². The summed E-state index contributed by atoms with van der Waals surface area (Å²) in [7, 11) is 0. The average molecular weight is 412 g/mol. The molecule has 0 fully saturated rings. The summed E-state index contributed by atoms with van der Waals surface area (Å²) >= 11 is 2.46. The number of hydrogen-bond acceptors (Lipinski definition) is 6. The number of amides is 1. The van der Waals surface area contributed by atoms with Gasteiger partial charge < -0.3 is 10.4 Å². The molecule has 0 saturated heterocycles. The van der Waals surface area contributed by atoms with Crippen LogP contribution < -0.4 is 5.32 Å². The Morgan fingerprint density at radius 1 is 1.29 bits per heavy atom. The van der Waals surface area contributed by atoms with E-state index in [0.717, 1.165) is 16.6 Å². The van der Waals surface area contributed by atoms with Crippen LogP contribution in [0.3, 0.4) is 0 Å². The Hall–Kier alpha value is -2.89. The number of thiophene rings is 1. The number of carbonyl (C=O) groups excluding carboxylic acids is 1. The van der Waals surface area contributed by atoms with Gasteiger partial charge in [-0.2, -0.15) is 5.26 Å². The molecule has 0 saturated carbocycles. The molecule has 28 heavy (non-hydrogen) atoms. The number of allylic oxidation sites excluding steroid dienone is 1. The number of nitriles is 1. The summed E-state index contributed by atoms with van der Waals surface area (Å²) in [6, 6.07) is 15.0. The first-order valence-electron chi connectivity index (χ1n) is 8.44. The van der Waals surface area contributed by atoms with Gasteiger partial charge in [-0.25, -0.2) is 4.99 Å². The van der Waals surface area contributed by atoms with Gasteiger partial charge in [0.2, 0.25) is 5.91 Å². The largest absolute Gasteiger partial charge is 0.481 e. The predicted octanol–water partition coefficient (Wildman–Crippen LogP) is 4.11. The van der Waals surface area contributed by atoms with Crippen molar-refractivity contribution in [2.24, 2.45) is 10.9 Å². The molecule has 2 N–H and O–H groups in total. The van der Waals surface area contributed by atoms with Gasteiger partial charge in [-0.3, -0.25) is 9.59 Å². The number of carboxylic acid groups (broad SMARTS) is 1. The van der Waals surface area contributed by atoms with Crippen molar-refractivity contribution in [3.05, 3.63) is 63.3 Å². The van der Waals surface area contributed by atoms with Crippen molar-refractivity contribution < 1.29 is 14.7 Å². The lowest BCUT2D eigenvalue weighted by atomic mass is 9.80. The van der Waals surface area contributed by atoms with Crippen LogP contribution in [0.2, 0.25) is 0 Å². The van der Waals surface area contributed by atoms with Gasteiger partial charge in [0.25, 0.3) is 0 Å². The van der Waals surface area contributed by atoms with Gasteiger partial charge in [-0.15, -0.1) is 11.3 Å². The number of carbonyl (C=O) groups is 2. The van der Waals surface area contributed by atoms with Crippen LogP contribution in [0.25, 0.3) is 0 Å². The number of rotatable bonds is 6. The number of nitrogens with one attached hydrogen (secondary N) is 1. The summed E-state index contributed by atoms with van der Waals surface area (Å²) in [5, 5.41) is 23.9. The Labute approximate surface area is 170 Å². The van der Waals surface area contributed by atoms with Crippen LogP contribution in [-0.4, -0.2) is 28.4 Å². The Kier molecular flexibility index (Phi) is 6.29. The molecule has 2 atom stereocenters. The molecular formula is C20H17N3O3S2. The highest BCUT2D eigenvalue weighted by Gasteiger charge is 2.40. The number of aliphatic imine (C=N–C) groups is 1. The zero-order chi connectivity index (χ0) is 20.1. The van der Waals surface area contributed by atoms with Crippen molar-refractivity contribution in [3.8, 4) is 6.07 Å². The Balaban J connectivity index is 2.00. The zero-order valence-electron chi connectivity index (χ0n) is 15.0. The normalized spacial score (nSPS) is 18.9. The number of benzene rings is 1. The summed E-state index contributed by atoms with van der Waals surface area (Å²) < 4.78 is 0. The summed E-state index contributed by atoms with van der Waals surface area (Å²) in [5.41, 5.74) is 1.55. The van der Waals surface area contributed by atoms with Crippen LogP contribution in [-0.2, 0) is 9.59 Å². The van der Waals surface area contributed by atoms with E-state index in [-0.39, 0.29) is 11.7 Å². The first-order valence-corrected chi connectivity index (χ1v) is 10.3. The van der Waals surface area contributed by atoms with E-state index in [4.69, 9.17) is 5.11 Å². The molecule has 142 valence electrons. The molecule has 2 heterocycles. The molecule has 0 radical (unpaired) electrons. The van der Waals surface area contributed by atoms with Gasteiger partial charge in [-0.1, -0.05) is 36.0 Å². The third-order valence-corrected chi connectivity index (χ3v) is 6.16. The fraction of sp³-hybridized carbons (Fsp3) is 0.200. The van der Waals surface area contributed by atoms with Crippen LogP contribution in [0, 0.1) is 17.2 Å². The van der Waals surface area contributed by atoms with Crippen molar-refractivity contribution >= 4 is 46.4 Å². The first kappa shape index (κ1) is 19.9. The van der Waals surface area contributed by atoms with Crippen molar-refractivity contribution in [2.45, 2.75) is 12.8 Å². The monoisotopic (exact) mass is 411 g/mol. The molecular weight excluding hydrogens is 394 g/mol. The molecule has 1 aromatic heterocycles. The maximum Gasteiger partial charge on any atom is 0.313 e. The van der Waals surface area contributed by atoms with E-state index in [0.29, 0.717) is 22.0 Å². The number of thioether (sulfide) groups is 1. The minimum atomic E-state index is -0.987. The van der Waals surface area contributed by atoms with Gasteiger partial charge in [0.1, 0.15) is 5.03 Å². The molecule has 0 aliphatic carbocycles. The second-order valence-electron chi connectivity index (χ2n) is 6.09. The standard InChI is InChI=1S/C20H17N3O3S2/c1-12-17(19(26)23-13-6-3-2-4-7-13)18(15-8-5-9-27-15)14(10-21)20(22-12)28-11-16(24)25/h2-9,17-18H,11H2,1H3,(H,23,26)(H,24,25)/t17?,18-/m1/s1. The van der Waals surface area contributed by atoms with E-state index >= 15 is 0 Å². The van der Waals surface area contributed by atoms with Crippen molar-refractivity contribution in [1.82, 2.24) is 0 Å². The SMILES string of the molecule is CC1=NC(SCC(=O)O)=C(C#N)[C@H](c2cccs2)C1C(=O)Nc1ccccc1. The van der Waals surface area contributed by atoms with Crippen molar-refractivity contribution in [3.63, 3.8) is 0 Å². The highest BCUT2D eigenvalue weighted by atomic mass is 32.2. The molecule has 3 rings (SSSR count). The second-order valence-corrected chi connectivity index (χ2v) is 8.04. The average Bonchev–Trinajstić information content (AvgIpc) is 3.20. The third-order valence-electron chi connectivity index (χ3n) is 4.23. The maximum absolute atomic E-state index is 13.1. The van der Waals surface area contributed by atoms with E-state index < -0.39 is 17.8 Å². The number of para-hydroxylation sites is 1. The maximum atomic E-state index is 13.1. The van der Waals surface area contributed by atoms with E-state index in [9.17, 15) is 14.9 Å². The minimum Gasteiger partial charge on any atom is -0.481 e. The summed E-state index contributed by atoms with van der Waals surface area (Å²) in [4.78, 5) is 29.4. The number of anilines is 1. The quantitative estimate of drug-likeness (QED) is 0.744. The first-order chi connectivity index (χ1) is 13.5. The number of hydrogen-bond donors (Lipinski definition) is 2. The molecule has 1 unspecified atom stereocenters. The topological polar surface area (TPSA) is 103 Å². The smallest absolute Gasteiger partial charge is 0.313 e. The molecule has 0 bridgehead atoms. The van der Waals surface area contributed by atoms with Crippen molar-refractivity contribution in [2.75, 3.05) is 11.1 Å². The van der Waals surface area contributed by atoms with Crippen LogP contribution >= 0.6 is 23.1 Å². The molecule has 2 aromatic rings. The van der Waals surface area contributed by atoms with Crippen LogP contribution in [0.5, 0.6) is 0 Å². The lowest BCUT2D eigenvalue weighted by Gasteiger charge is -2.29. The number of nitrogens with zero attached hydrogens (tertiary/aromatic N) is 2. The molecule has 1 amide bonds. The minimum absolute atomic E-state index is 0.199. The molecule has 1 aliphatic heterocycles. The Morgan fingerprint density at radius 3 is 2.64 bits per heavy atom. The number of carboxylic acids is 1. The molecule has 0 spiro atoms. The molecule has 8 heteroatoms. The van der Waals surface area contributed by atoms with Gasteiger partial charge in [0, 0.05) is 22.2 Å². The highest BCUT2D eigenvalue weighted by Crippen LogP contribution is 2.43. The van der Waals surface area contributed by atoms with Crippen LogP contribution in [0.4, 0.5) is 5.69 Å². The summed E-state index contributed by atoms with van der Waals surface area (Å²) in [6.45, 7) is 1.74. The third kappa shape index (κ3) is 4.32. The molecule has 6 nitrogen and oxygen atoms in total. The van der Waals surface area contributed by atoms with Gasteiger partial charge >= 0.3 is 5.97 Å². The molecule has 1 aliphatic rings. The van der Waals surface area contributed by atoms with Gasteiger partial charge in [-0.05, 0) is 30.5 Å². The highest BCUT2D eigenvalue weighted by molar-refractivity contribution is 8.03. The summed E-state index contributed by atoms with van der Waals surface area (Å²) in [6.07, 6.45) is 0. The van der Waals surface area contributed by atoms with Gasteiger partial charge in [0.15, 0.2) is 0 Å². The van der Waals surface area contributed by atoms with Crippen molar-refractivity contribution in [1.29, 1.82) is 5.26 Å². The second kappa shape index (κ2) is 8.87. The Morgan fingerprint density at radius 2 is 2.04 bits per heavy atom. The Bertz CT molecular complexity index is 976. The van der Waals surface area contributed by atoms with Crippen LogP contribution in [0.15, 0.2) is 63.4 Å².